The van der Waals surface area contributed by atoms with Gasteiger partial charge in [0.05, 0.1) is 38.0 Å². The van der Waals surface area contributed by atoms with Gasteiger partial charge >= 0.3 is 12.1 Å². The van der Waals surface area contributed by atoms with Gasteiger partial charge in [-0.1, -0.05) is 0 Å². The highest BCUT2D eigenvalue weighted by Gasteiger charge is 2.30. The van der Waals surface area contributed by atoms with Crippen molar-refractivity contribution in [1.82, 2.24) is 14.9 Å². The number of cyclic esters (lactones) is 1. The summed E-state index contributed by atoms with van der Waals surface area (Å²) in [6.07, 6.45) is 5.21. The van der Waals surface area contributed by atoms with Crippen molar-refractivity contribution < 1.29 is 28.6 Å². The fraction of sp³-hybridized carbons (Fsp3) is 0.500. The summed E-state index contributed by atoms with van der Waals surface area (Å²) in [5, 5.41) is 12.4. The molecule has 2 atom stereocenters. The number of ether oxygens (including phenoxy) is 3. The molecule has 5 rings (SSSR count). The maximum Gasteiger partial charge on any atom is 0.410 e. The van der Waals surface area contributed by atoms with Crippen LogP contribution in [-0.4, -0.2) is 79.4 Å². The highest BCUT2D eigenvalue weighted by molar-refractivity contribution is 6.01. The van der Waals surface area contributed by atoms with Crippen molar-refractivity contribution >= 4 is 30.0 Å². The molecule has 3 aliphatic heterocycles. The van der Waals surface area contributed by atoms with Crippen molar-refractivity contribution in [1.29, 1.82) is 5.26 Å². The number of nitrogens with one attached hydrogen (secondary N) is 1. The molecular weight excluding hydrogens is 516 g/mol. The Hall–Kier alpha value is -4.08. The second-order valence-electron chi connectivity index (χ2n) is 10.2. The molecule has 0 radical (unpaired) electrons. The lowest BCUT2D eigenvalue weighted by Gasteiger charge is -2.29. The molecule has 2 fully saturated rings. The van der Waals surface area contributed by atoms with Crippen LogP contribution in [0, 0.1) is 17.2 Å². The summed E-state index contributed by atoms with van der Waals surface area (Å²) in [6, 6.07) is 5.30. The number of carbonyl (C=O) groups is 3. The third-order valence-electron chi connectivity index (χ3n) is 7.57. The summed E-state index contributed by atoms with van der Waals surface area (Å²) >= 11 is 0. The Bertz CT molecular complexity index is 1330. The number of fused-ring (bicyclic) bond motifs is 1. The fourth-order valence-corrected chi connectivity index (χ4v) is 5.40. The fourth-order valence-electron chi connectivity index (χ4n) is 5.40. The minimum absolute atomic E-state index is 0.0596. The number of methoxy groups -OCH3 is 1. The van der Waals surface area contributed by atoms with Gasteiger partial charge in [0.2, 0.25) is 0 Å². The van der Waals surface area contributed by atoms with Crippen LogP contribution in [-0.2, 0) is 33.6 Å². The first-order valence-electron chi connectivity index (χ1n) is 13.5. The number of aldehydes is 1. The highest BCUT2D eigenvalue weighted by Crippen LogP contribution is 2.29. The number of amides is 3. The first-order chi connectivity index (χ1) is 19.5. The van der Waals surface area contributed by atoms with Crippen molar-refractivity contribution in [2.45, 2.75) is 44.8 Å². The van der Waals surface area contributed by atoms with E-state index in [-0.39, 0.29) is 24.3 Å². The van der Waals surface area contributed by atoms with Gasteiger partial charge < -0.3 is 19.1 Å². The van der Waals surface area contributed by atoms with Crippen LogP contribution in [0.15, 0.2) is 18.3 Å². The highest BCUT2D eigenvalue weighted by atomic mass is 16.6. The molecule has 0 spiro atoms. The van der Waals surface area contributed by atoms with E-state index in [1.807, 2.05) is 6.07 Å². The van der Waals surface area contributed by atoms with Crippen molar-refractivity contribution in [3.8, 4) is 6.07 Å². The number of carbonyl (C=O) groups excluding carboxylic acids is 3. The van der Waals surface area contributed by atoms with Crippen molar-refractivity contribution in [3.63, 3.8) is 0 Å². The van der Waals surface area contributed by atoms with E-state index in [9.17, 15) is 19.6 Å². The van der Waals surface area contributed by atoms with E-state index in [1.165, 1.54) is 11.1 Å². The molecule has 2 aromatic rings. The van der Waals surface area contributed by atoms with Gasteiger partial charge in [-0.05, 0) is 55.4 Å². The van der Waals surface area contributed by atoms with Crippen LogP contribution in [0.2, 0.25) is 0 Å². The predicted octanol–water partition coefficient (Wildman–Crippen LogP) is 3.08. The average molecular weight is 549 g/mol. The molecule has 5 heterocycles. The first-order valence-corrected chi connectivity index (χ1v) is 13.5. The maximum absolute atomic E-state index is 13.4. The van der Waals surface area contributed by atoms with Crippen LogP contribution >= 0.6 is 0 Å². The van der Waals surface area contributed by atoms with Gasteiger partial charge in [0.25, 0.3) is 0 Å². The predicted molar refractivity (Wildman–Crippen MR) is 143 cm³/mol. The maximum atomic E-state index is 13.4. The van der Waals surface area contributed by atoms with E-state index >= 15 is 0 Å². The molecule has 40 heavy (non-hydrogen) atoms. The first kappa shape index (κ1) is 27.5. The molecule has 210 valence electrons. The van der Waals surface area contributed by atoms with Crippen molar-refractivity contribution in [2.24, 2.45) is 5.92 Å². The summed E-state index contributed by atoms with van der Waals surface area (Å²) in [7, 11) is 1.64. The van der Waals surface area contributed by atoms with Gasteiger partial charge in [-0.2, -0.15) is 5.26 Å². The second kappa shape index (κ2) is 12.4. The largest absolute Gasteiger partial charge is 0.449 e. The van der Waals surface area contributed by atoms with Gasteiger partial charge in [-0.25, -0.2) is 19.6 Å². The number of hydrogen-bond donors (Lipinski definition) is 1. The molecule has 1 unspecified atom stereocenters. The topological polar surface area (TPSA) is 147 Å². The number of pyridine rings is 2. The lowest BCUT2D eigenvalue weighted by Crippen LogP contribution is -2.40. The van der Waals surface area contributed by atoms with Gasteiger partial charge in [0, 0.05) is 37.9 Å². The summed E-state index contributed by atoms with van der Waals surface area (Å²) in [4.78, 5) is 49.6. The van der Waals surface area contributed by atoms with Crippen LogP contribution in [0.1, 0.15) is 52.0 Å². The Labute approximate surface area is 232 Å². The smallest absolute Gasteiger partial charge is 0.410 e. The Morgan fingerprint density at radius 1 is 1.25 bits per heavy atom. The van der Waals surface area contributed by atoms with Gasteiger partial charge in [-0.3, -0.25) is 15.0 Å². The summed E-state index contributed by atoms with van der Waals surface area (Å²) in [5.41, 5.74) is 2.81. The molecule has 0 aliphatic carbocycles. The molecule has 12 heteroatoms. The number of hydrogen-bond acceptors (Lipinski definition) is 9. The Morgan fingerprint density at radius 3 is 2.92 bits per heavy atom. The number of rotatable bonds is 7. The number of urea groups is 1. The molecule has 1 N–H and O–H groups in total. The lowest BCUT2D eigenvalue weighted by atomic mass is 9.94. The van der Waals surface area contributed by atoms with Crippen LogP contribution < -0.4 is 10.2 Å². The standard InChI is InChI=1S/C28H32N6O6/c1-38-24-17-39-16-21(24)10-19-11-25(30-13-22(19)12-29)32-27(36)34-7-4-5-18-9-20(23(15-35)31-26(18)34)14-33-6-2-3-8-40-28(33)37/h9,11,13,15,21,24H,2-8,10,14,16-17H2,1H3,(H,30,32,36)/t21?,24-/m1/s1. The molecule has 0 aromatic carbocycles. The van der Waals surface area contributed by atoms with Crippen LogP contribution in [0.3, 0.4) is 0 Å². The van der Waals surface area contributed by atoms with Crippen LogP contribution in [0.4, 0.5) is 21.2 Å². The van der Waals surface area contributed by atoms with Crippen molar-refractivity contribution in [2.75, 3.05) is 50.2 Å². The third kappa shape index (κ3) is 5.90. The van der Waals surface area contributed by atoms with E-state index in [4.69, 9.17) is 14.2 Å². The van der Waals surface area contributed by atoms with Crippen LogP contribution in [0.5, 0.6) is 0 Å². The van der Waals surface area contributed by atoms with E-state index < -0.39 is 12.1 Å². The summed E-state index contributed by atoms with van der Waals surface area (Å²) in [6.45, 7) is 2.60. The molecule has 0 bridgehead atoms. The number of anilines is 2. The van der Waals surface area contributed by atoms with E-state index in [1.54, 1.807) is 18.1 Å². The molecule has 12 nitrogen and oxygen atoms in total. The zero-order valence-corrected chi connectivity index (χ0v) is 22.4. The normalized spacial score (nSPS) is 20.8. The van der Waals surface area contributed by atoms with Gasteiger partial charge in [0.1, 0.15) is 23.4 Å². The molecular formula is C28H32N6O6. The van der Waals surface area contributed by atoms with Gasteiger partial charge in [-0.15, -0.1) is 0 Å². The second-order valence-corrected chi connectivity index (χ2v) is 10.2. The molecule has 3 aliphatic rings. The minimum atomic E-state index is -0.434. The average Bonchev–Trinajstić information content (AvgIpc) is 3.32. The zero-order chi connectivity index (χ0) is 28.1. The SMILES string of the molecule is CO[C@@H]1COCC1Cc1cc(NC(=O)N2CCCc3cc(CN4CCCCOC4=O)c(C=O)nc32)ncc1C#N. The summed E-state index contributed by atoms with van der Waals surface area (Å²) in [5.74, 6) is 0.812. The summed E-state index contributed by atoms with van der Waals surface area (Å²) < 4.78 is 16.3. The zero-order valence-electron chi connectivity index (χ0n) is 22.4. The van der Waals surface area contributed by atoms with E-state index in [2.05, 4.69) is 21.4 Å². The number of aryl methyl sites for hydroxylation is 1. The van der Waals surface area contributed by atoms with Gasteiger partial charge in [0.15, 0.2) is 6.29 Å². The van der Waals surface area contributed by atoms with Crippen LogP contribution in [0.25, 0.3) is 0 Å². The molecule has 0 saturated carbocycles. The number of aromatic nitrogens is 2. The lowest BCUT2D eigenvalue weighted by molar-refractivity contribution is 0.0666. The van der Waals surface area contributed by atoms with Crippen molar-refractivity contribution in [3.05, 3.63) is 46.3 Å². The Balaban J connectivity index is 1.35. The number of nitrogens with zero attached hydrogens (tertiary/aromatic N) is 5. The quantitative estimate of drug-likeness (QED) is 0.516. The number of nitriles is 1. The Morgan fingerprint density at radius 2 is 2.12 bits per heavy atom. The van der Waals surface area contributed by atoms with E-state index in [0.717, 1.165) is 24.0 Å². The molecule has 2 saturated heterocycles. The molecule has 3 amide bonds. The Kier molecular flexibility index (Phi) is 8.52. The van der Waals surface area contributed by atoms with E-state index in [0.29, 0.717) is 81.2 Å². The molecule has 2 aromatic heterocycles. The minimum Gasteiger partial charge on any atom is -0.449 e. The third-order valence-corrected chi connectivity index (χ3v) is 7.57. The monoisotopic (exact) mass is 548 g/mol.